The summed E-state index contributed by atoms with van der Waals surface area (Å²) in [6.45, 7) is 4.81. The van der Waals surface area contributed by atoms with Crippen LogP contribution in [0.3, 0.4) is 0 Å². The van der Waals surface area contributed by atoms with Crippen LogP contribution in [-0.2, 0) is 11.2 Å². The van der Waals surface area contributed by atoms with Crippen molar-refractivity contribution in [2.75, 3.05) is 11.9 Å². The Morgan fingerprint density at radius 1 is 1.29 bits per heavy atom. The summed E-state index contributed by atoms with van der Waals surface area (Å²) in [6, 6.07) is 9.31. The lowest BCUT2D eigenvalue weighted by Crippen LogP contribution is -2.45. The van der Waals surface area contributed by atoms with Gasteiger partial charge in [0.2, 0.25) is 5.91 Å². The summed E-state index contributed by atoms with van der Waals surface area (Å²) in [4.78, 5) is 19.4. The molecule has 1 aromatic heterocycles. The summed E-state index contributed by atoms with van der Waals surface area (Å²) in [5.74, 6) is 0.219. The molecule has 0 saturated heterocycles. The standard InChI is InChI=1S/C16H22N4O/c1-12(2)15(18-9-8-14-10-17-11-19-14)16(21)20-13-6-4-3-5-7-13/h3-7,10-12,15,18H,8-9H2,1-2H3,(H,17,19)(H,20,21)/t15-/m0/s1. The monoisotopic (exact) mass is 286 g/mol. The van der Waals surface area contributed by atoms with Crippen LogP contribution in [0.4, 0.5) is 5.69 Å². The third-order valence-electron chi connectivity index (χ3n) is 3.30. The Hall–Kier alpha value is -2.14. The number of benzene rings is 1. The quantitative estimate of drug-likeness (QED) is 0.731. The van der Waals surface area contributed by atoms with Gasteiger partial charge in [-0.2, -0.15) is 0 Å². The highest BCUT2D eigenvalue weighted by Gasteiger charge is 2.21. The Bertz CT molecular complexity index is 537. The lowest BCUT2D eigenvalue weighted by molar-refractivity contribution is -0.119. The molecule has 0 unspecified atom stereocenters. The number of carbonyl (C=O) groups excluding carboxylic acids is 1. The first-order valence-electron chi connectivity index (χ1n) is 7.23. The van der Waals surface area contributed by atoms with E-state index in [0.717, 1.165) is 24.3 Å². The molecule has 5 nitrogen and oxygen atoms in total. The number of anilines is 1. The molecule has 1 amide bonds. The van der Waals surface area contributed by atoms with Crippen molar-refractivity contribution in [3.05, 3.63) is 48.5 Å². The number of para-hydroxylation sites is 1. The third kappa shape index (κ3) is 4.72. The molecule has 1 atom stereocenters. The zero-order valence-corrected chi connectivity index (χ0v) is 12.5. The van der Waals surface area contributed by atoms with E-state index in [9.17, 15) is 4.79 Å². The molecule has 0 aliphatic rings. The van der Waals surface area contributed by atoms with E-state index in [1.165, 1.54) is 0 Å². The number of aromatic nitrogens is 2. The van der Waals surface area contributed by atoms with Gasteiger partial charge in [0.15, 0.2) is 0 Å². The maximum Gasteiger partial charge on any atom is 0.241 e. The Kier molecular flexibility index (Phi) is 5.51. The van der Waals surface area contributed by atoms with E-state index in [1.807, 2.05) is 44.2 Å². The second-order valence-corrected chi connectivity index (χ2v) is 5.36. The normalized spacial score (nSPS) is 12.3. The number of rotatable bonds is 7. The SMILES string of the molecule is CC(C)[C@H](NCCc1cnc[nH]1)C(=O)Nc1ccccc1. The van der Waals surface area contributed by atoms with E-state index in [-0.39, 0.29) is 17.9 Å². The number of imidazole rings is 1. The molecule has 0 aliphatic heterocycles. The van der Waals surface area contributed by atoms with Crippen LogP contribution in [0.15, 0.2) is 42.9 Å². The van der Waals surface area contributed by atoms with Crippen LogP contribution in [-0.4, -0.2) is 28.5 Å². The van der Waals surface area contributed by atoms with Crippen LogP contribution < -0.4 is 10.6 Å². The van der Waals surface area contributed by atoms with Crippen LogP contribution in [0.5, 0.6) is 0 Å². The molecule has 1 aromatic carbocycles. The summed E-state index contributed by atoms with van der Waals surface area (Å²) in [5, 5.41) is 6.26. The number of nitrogens with one attached hydrogen (secondary N) is 3. The lowest BCUT2D eigenvalue weighted by atomic mass is 10.0. The number of nitrogens with zero attached hydrogens (tertiary/aromatic N) is 1. The van der Waals surface area contributed by atoms with Gasteiger partial charge < -0.3 is 15.6 Å². The predicted octanol–water partition coefficient (Wildman–Crippen LogP) is 2.21. The Morgan fingerprint density at radius 3 is 2.67 bits per heavy atom. The van der Waals surface area contributed by atoms with E-state index >= 15 is 0 Å². The highest BCUT2D eigenvalue weighted by Crippen LogP contribution is 2.09. The molecule has 0 spiro atoms. The fourth-order valence-corrected chi connectivity index (χ4v) is 2.16. The van der Waals surface area contributed by atoms with Crippen LogP contribution in [0.2, 0.25) is 0 Å². The van der Waals surface area contributed by atoms with Crippen LogP contribution in [0, 0.1) is 5.92 Å². The summed E-state index contributed by atoms with van der Waals surface area (Å²) in [6.07, 6.45) is 4.29. The highest BCUT2D eigenvalue weighted by molar-refractivity contribution is 5.94. The molecular weight excluding hydrogens is 264 g/mol. The Balaban J connectivity index is 1.87. The Labute approximate surface area is 125 Å². The minimum absolute atomic E-state index is 0.000751. The summed E-state index contributed by atoms with van der Waals surface area (Å²) in [5.41, 5.74) is 1.89. The fraction of sp³-hybridized carbons (Fsp3) is 0.375. The van der Waals surface area contributed by atoms with Gasteiger partial charge >= 0.3 is 0 Å². The molecule has 0 aliphatic carbocycles. The van der Waals surface area contributed by atoms with Crippen molar-refractivity contribution in [2.24, 2.45) is 5.92 Å². The highest BCUT2D eigenvalue weighted by atomic mass is 16.2. The van der Waals surface area contributed by atoms with E-state index in [1.54, 1.807) is 12.5 Å². The zero-order valence-electron chi connectivity index (χ0n) is 12.5. The van der Waals surface area contributed by atoms with Gasteiger partial charge in [0, 0.05) is 30.5 Å². The molecule has 0 radical (unpaired) electrons. The smallest absolute Gasteiger partial charge is 0.241 e. The van der Waals surface area contributed by atoms with Crippen molar-refractivity contribution >= 4 is 11.6 Å². The topological polar surface area (TPSA) is 69.8 Å². The number of hydrogen-bond acceptors (Lipinski definition) is 3. The molecule has 3 N–H and O–H groups in total. The molecule has 0 fully saturated rings. The van der Waals surface area contributed by atoms with Gasteiger partial charge in [-0.15, -0.1) is 0 Å². The first kappa shape index (κ1) is 15.3. The Morgan fingerprint density at radius 2 is 2.05 bits per heavy atom. The average Bonchev–Trinajstić information content (AvgIpc) is 2.97. The molecule has 21 heavy (non-hydrogen) atoms. The summed E-state index contributed by atoms with van der Waals surface area (Å²) in [7, 11) is 0. The largest absolute Gasteiger partial charge is 0.348 e. The number of carbonyl (C=O) groups is 1. The number of hydrogen-bond donors (Lipinski definition) is 3. The van der Waals surface area contributed by atoms with Crippen molar-refractivity contribution in [2.45, 2.75) is 26.3 Å². The van der Waals surface area contributed by atoms with Gasteiger partial charge in [0.1, 0.15) is 0 Å². The molecular formula is C16H22N4O. The molecule has 1 heterocycles. The summed E-state index contributed by atoms with van der Waals surface area (Å²) < 4.78 is 0. The van der Waals surface area contributed by atoms with Gasteiger partial charge in [-0.3, -0.25) is 4.79 Å². The van der Waals surface area contributed by atoms with Crippen molar-refractivity contribution in [3.63, 3.8) is 0 Å². The van der Waals surface area contributed by atoms with Crippen LogP contribution in [0.1, 0.15) is 19.5 Å². The maximum atomic E-state index is 12.4. The van der Waals surface area contributed by atoms with Crippen molar-refractivity contribution in [3.8, 4) is 0 Å². The number of aromatic amines is 1. The molecule has 2 aromatic rings. The second kappa shape index (κ2) is 7.59. The van der Waals surface area contributed by atoms with Crippen LogP contribution in [0.25, 0.3) is 0 Å². The van der Waals surface area contributed by atoms with Crippen molar-refractivity contribution in [1.82, 2.24) is 15.3 Å². The van der Waals surface area contributed by atoms with E-state index < -0.39 is 0 Å². The van der Waals surface area contributed by atoms with E-state index in [2.05, 4.69) is 20.6 Å². The minimum atomic E-state index is -0.215. The number of amides is 1. The van der Waals surface area contributed by atoms with Crippen molar-refractivity contribution < 1.29 is 4.79 Å². The van der Waals surface area contributed by atoms with Gasteiger partial charge in [-0.05, 0) is 18.1 Å². The zero-order chi connectivity index (χ0) is 15.1. The van der Waals surface area contributed by atoms with Gasteiger partial charge in [0.05, 0.1) is 12.4 Å². The first-order chi connectivity index (χ1) is 10.2. The average molecular weight is 286 g/mol. The summed E-state index contributed by atoms with van der Waals surface area (Å²) >= 11 is 0. The second-order valence-electron chi connectivity index (χ2n) is 5.36. The van der Waals surface area contributed by atoms with Gasteiger partial charge in [0.25, 0.3) is 0 Å². The predicted molar refractivity (Wildman–Crippen MR) is 84.0 cm³/mol. The lowest BCUT2D eigenvalue weighted by Gasteiger charge is -2.21. The molecule has 2 rings (SSSR count). The van der Waals surface area contributed by atoms with E-state index in [0.29, 0.717) is 0 Å². The van der Waals surface area contributed by atoms with Gasteiger partial charge in [-0.25, -0.2) is 4.98 Å². The first-order valence-corrected chi connectivity index (χ1v) is 7.23. The molecule has 0 saturated carbocycles. The van der Waals surface area contributed by atoms with E-state index in [4.69, 9.17) is 0 Å². The molecule has 112 valence electrons. The third-order valence-corrected chi connectivity index (χ3v) is 3.30. The molecule has 5 heteroatoms. The minimum Gasteiger partial charge on any atom is -0.348 e. The molecule has 0 bridgehead atoms. The fourth-order valence-electron chi connectivity index (χ4n) is 2.16. The number of H-pyrrole nitrogens is 1. The van der Waals surface area contributed by atoms with Crippen LogP contribution >= 0.6 is 0 Å². The van der Waals surface area contributed by atoms with Gasteiger partial charge in [-0.1, -0.05) is 32.0 Å². The maximum absolute atomic E-state index is 12.4. The van der Waals surface area contributed by atoms with Crippen molar-refractivity contribution in [1.29, 1.82) is 0 Å².